The van der Waals surface area contributed by atoms with E-state index in [9.17, 15) is 0 Å². The highest BCUT2D eigenvalue weighted by molar-refractivity contribution is 5.21. The summed E-state index contributed by atoms with van der Waals surface area (Å²) in [5.41, 5.74) is 3.09. The van der Waals surface area contributed by atoms with Crippen molar-refractivity contribution in [3.05, 3.63) is 47.5 Å². The minimum absolute atomic E-state index is 0.533. The summed E-state index contributed by atoms with van der Waals surface area (Å²) in [6.07, 6.45) is 11.7. The van der Waals surface area contributed by atoms with Gasteiger partial charge in [-0.15, -0.1) is 0 Å². The third-order valence-electron chi connectivity index (χ3n) is 4.01. The van der Waals surface area contributed by atoms with E-state index in [2.05, 4.69) is 48.6 Å². The fraction of sp³-hybridized carbons (Fsp3) is 0.556. The van der Waals surface area contributed by atoms with E-state index in [1.165, 1.54) is 44.1 Å². The number of hydrogen-bond donors (Lipinski definition) is 1. The first kappa shape index (κ1) is 14.3. The van der Waals surface area contributed by atoms with Crippen LogP contribution in [0.5, 0.6) is 0 Å². The quantitative estimate of drug-likeness (QED) is 0.766. The Morgan fingerprint density at radius 1 is 1.05 bits per heavy atom. The maximum atomic E-state index is 3.68. The van der Waals surface area contributed by atoms with Crippen molar-refractivity contribution in [2.75, 3.05) is 6.54 Å². The lowest BCUT2D eigenvalue weighted by atomic mass is 9.91. The van der Waals surface area contributed by atoms with Gasteiger partial charge in [0.05, 0.1) is 0 Å². The lowest BCUT2D eigenvalue weighted by molar-refractivity contribution is 0.536. The molecule has 1 aromatic carbocycles. The minimum Gasteiger partial charge on any atom is -0.310 e. The van der Waals surface area contributed by atoms with E-state index in [-0.39, 0.29) is 0 Å². The third kappa shape index (κ3) is 4.83. The van der Waals surface area contributed by atoms with Crippen LogP contribution in [0.4, 0.5) is 0 Å². The summed E-state index contributed by atoms with van der Waals surface area (Å²) in [6.45, 7) is 3.26. The van der Waals surface area contributed by atoms with Gasteiger partial charge in [-0.05, 0) is 44.2 Å². The van der Waals surface area contributed by atoms with Crippen LogP contribution in [0.2, 0.25) is 0 Å². The molecule has 0 radical (unpaired) electrons. The van der Waals surface area contributed by atoms with Crippen LogP contribution in [0.1, 0.15) is 51.0 Å². The highest BCUT2D eigenvalue weighted by Crippen LogP contribution is 2.21. The zero-order chi connectivity index (χ0) is 13.3. The van der Waals surface area contributed by atoms with Crippen LogP contribution in [-0.4, -0.2) is 12.6 Å². The lowest BCUT2D eigenvalue weighted by Gasteiger charge is -2.23. The normalized spacial score (nSPS) is 21.0. The summed E-state index contributed by atoms with van der Waals surface area (Å²) in [7, 11) is 0. The number of benzene rings is 1. The molecule has 0 aliphatic heterocycles. The molecule has 0 fully saturated rings. The van der Waals surface area contributed by atoms with E-state index in [1.807, 2.05) is 0 Å². The Kier molecular flexibility index (Phi) is 6.16. The summed E-state index contributed by atoms with van der Waals surface area (Å²) >= 11 is 0. The van der Waals surface area contributed by atoms with Crippen molar-refractivity contribution < 1.29 is 0 Å². The van der Waals surface area contributed by atoms with Crippen molar-refractivity contribution in [1.29, 1.82) is 0 Å². The molecule has 1 aliphatic carbocycles. The molecule has 1 aliphatic rings. The average Bonchev–Trinajstić information content (AvgIpc) is 2.39. The fourth-order valence-electron chi connectivity index (χ4n) is 2.96. The molecule has 0 saturated heterocycles. The van der Waals surface area contributed by atoms with Crippen LogP contribution >= 0.6 is 0 Å². The van der Waals surface area contributed by atoms with E-state index in [0.717, 1.165) is 13.0 Å². The summed E-state index contributed by atoms with van der Waals surface area (Å²) in [5, 5.41) is 3.68. The van der Waals surface area contributed by atoms with Crippen LogP contribution in [0.15, 0.2) is 42.0 Å². The summed E-state index contributed by atoms with van der Waals surface area (Å²) < 4.78 is 0. The van der Waals surface area contributed by atoms with Crippen LogP contribution in [0.25, 0.3) is 0 Å². The van der Waals surface area contributed by atoms with E-state index >= 15 is 0 Å². The third-order valence-corrected chi connectivity index (χ3v) is 4.01. The predicted octanol–water partition coefficient (Wildman–Crippen LogP) is 4.49. The first-order valence-electron chi connectivity index (χ1n) is 7.86. The molecular formula is C18H27N. The number of allylic oxidation sites excluding steroid dienone is 1. The van der Waals surface area contributed by atoms with Crippen molar-refractivity contribution in [3.8, 4) is 0 Å². The standard InChI is InChI=1S/C18H27N/c1-2-19-18(15-16-11-7-6-8-12-16)17-13-9-4-3-5-10-14-17/h6-8,11-13,18-19H,2-5,9-10,14-15H2,1H3/b17-13+. The first-order chi connectivity index (χ1) is 9.40. The molecule has 0 saturated carbocycles. The van der Waals surface area contributed by atoms with Crippen LogP contribution < -0.4 is 5.32 Å². The highest BCUT2D eigenvalue weighted by Gasteiger charge is 2.14. The largest absolute Gasteiger partial charge is 0.310 e. The monoisotopic (exact) mass is 257 g/mol. The van der Waals surface area contributed by atoms with Crippen molar-refractivity contribution in [2.24, 2.45) is 0 Å². The molecule has 1 heteroatoms. The van der Waals surface area contributed by atoms with Gasteiger partial charge in [-0.3, -0.25) is 0 Å². The smallest absolute Gasteiger partial charge is 0.0319 e. The molecule has 1 atom stereocenters. The zero-order valence-corrected chi connectivity index (χ0v) is 12.2. The van der Waals surface area contributed by atoms with Crippen molar-refractivity contribution in [1.82, 2.24) is 5.32 Å². The molecule has 1 N–H and O–H groups in total. The average molecular weight is 257 g/mol. The van der Waals surface area contributed by atoms with Gasteiger partial charge in [0.15, 0.2) is 0 Å². The molecule has 104 valence electrons. The molecule has 1 unspecified atom stereocenters. The fourth-order valence-corrected chi connectivity index (χ4v) is 2.96. The second kappa shape index (κ2) is 8.16. The highest BCUT2D eigenvalue weighted by atomic mass is 14.9. The molecule has 2 rings (SSSR count). The van der Waals surface area contributed by atoms with Gasteiger partial charge in [-0.2, -0.15) is 0 Å². The Labute approximate surface area is 118 Å². The van der Waals surface area contributed by atoms with Crippen molar-refractivity contribution in [3.63, 3.8) is 0 Å². The van der Waals surface area contributed by atoms with Gasteiger partial charge in [0.1, 0.15) is 0 Å². The van der Waals surface area contributed by atoms with Gasteiger partial charge < -0.3 is 5.32 Å². The number of rotatable bonds is 5. The Balaban J connectivity index is 2.05. The molecule has 0 aromatic heterocycles. The predicted molar refractivity (Wildman–Crippen MR) is 83.4 cm³/mol. The van der Waals surface area contributed by atoms with Crippen LogP contribution in [0, 0.1) is 0 Å². The first-order valence-corrected chi connectivity index (χ1v) is 7.86. The van der Waals surface area contributed by atoms with Gasteiger partial charge in [-0.25, -0.2) is 0 Å². The number of likely N-dealkylation sites (N-methyl/N-ethyl adjacent to an activating group) is 1. The van der Waals surface area contributed by atoms with Crippen molar-refractivity contribution >= 4 is 0 Å². The molecular weight excluding hydrogens is 230 g/mol. The molecule has 19 heavy (non-hydrogen) atoms. The van der Waals surface area contributed by atoms with Gasteiger partial charge in [0.25, 0.3) is 0 Å². The van der Waals surface area contributed by atoms with Gasteiger partial charge >= 0.3 is 0 Å². The topological polar surface area (TPSA) is 12.0 Å². The maximum Gasteiger partial charge on any atom is 0.0319 e. The minimum atomic E-state index is 0.533. The zero-order valence-electron chi connectivity index (χ0n) is 12.2. The van der Waals surface area contributed by atoms with E-state index in [1.54, 1.807) is 5.57 Å². The second-order valence-corrected chi connectivity index (χ2v) is 5.53. The Morgan fingerprint density at radius 3 is 2.63 bits per heavy atom. The van der Waals surface area contributed by atoms with Crippen LogP contribution in [0.3, 0.4) is 0 Å². The summed E-state index contributed by atoms with van der Waals surface area (Å²) in [5.74, 6) is 0. The lowest BCUT2D eigenvalue weighted by Crippen LogP contribution is -2.33. The van der Waals surface area contributed by atoms with E-state index in [4.69, 9.17) is 0 Å². The van der Waals surface area contributed by atoms with Gasteiger partial charge in [0.2, 0.25) is 0 Å². The van der Waals surface area contributed by atoms with Gasteiger partial charge in [-0.1, -0.05) is 61.7 Å². The molecule has 0 spiro atoms. The maximum absolute atomic E-state index is 3.68. The van der Waals surface area contributed by atoms with E-state index < -0.39 is 0 Å². The SMILES string of the molecule is CCNC(Cc1ccccc1)/C1=C/CCCCCC1. The Hall–Kier alpha value is -1.08. The molecule has 1 aromatic rings. The Morgan fingerprint density at radius 2 is 1.84 bits per heavy atom. The summed E-state index contributed by atoms with van der Waals surface area (Å²) in [6, 6.07) is 11.4. The molecule has 1 nitrogen and oxygen atoms in total. The number of hydrogen-bond acceptors (Lipinski definition) is 1. The second-order valence-electron chi connectivity index (χ2n) is 5.53. The molecule has 0 amide bonds. The van der Waals surface area contributed by atoms with Crippen LogP contribution in [-0.2, 0) is 6.42 Å². The molecule has 0 heterocycles. The Bertz CT molecular complexity index is 380. The van der Waals surface area contributed by atoms with Gasteiger partial charge in [0, 0.05) is 6.04 Å². The van der Waals surface area contributed by atoms with Crippen molar-refractivity contribution in [2.45, 2.75) is 57.9 Å². The van der Waals surface area contributed by atoms with E-state index in [0.29, 0.717) is 6.04 Å². The summed E-state index contributed by atoms with van der Waals surface area (Å²) in [4.78, 5) is 0. The molecule has 0 bridgehead atoms. The number of nitrogens with one attached hydrogen (secondary N) is 1.